The van der Waals surface area contributed by atoms with E-state index < -0.39 is 36.7 Å². The monoisotopic (exact) mass is 627 g/mol. The van der Waals surface area contributed by atoms with Gasteiger partial charge in [0, 0.05) is 16.7 Å². The Hall–Kier alpha value is -5.46. The van der Waals surface area contributed by atoms with Gasteiger partial charge in [0.15, 0.2) is 28.8 Å². The molecule has 11 heteroatoms. The lowest BCUT2D eigenvalue weighted by molar-refractivity contribution is -0.124. The highest BCUT2D eigenvalue weighted by atomic mass is 16.6. The van der Waals surface area contributed by atoms with Gasteiger partial charge in [-0.25, -0.2) is 15.0 Å². The van der Waals surface area contributed by atoms with Crippen LogP contribution in [0.4, 0.5) is 5.82 Å². The standard InChI is InChI=1S/C36H29N5O6/c42-19-28-30(43)31(35(46-28)41-21-39-29-32(37-20-38-33(29)41)40-34(44)22-11-3-1-4-12-22)47-36(23-13-5-2-6-14-23)24-15-7-9-17-26(24)45-27-18-10-8-16-25(27)36/h1-18,20-21,28,30-31,35,42-43H,19H2,(H,37,38,40,44)/t28-,30-,31-,35-/m1/s1. The van der Waals surface area contributed by atoms with Gasteiger partial charge in [-0.2, -0.15) is 0 Å². The van der Waals surface area contributed by atoms with Crippen molar-refractivity contribution in [2.75, 3.05) is 11.9 Å². The number of carbonyl (C=O) groups is 1. The minimum absolute atomic E-state index is 0.213. The zero-order valence-electron chi connectivity index (χ0n) is 24.9. The molecule has 1 amide bonds. The number of para-hydroxylation sites is 2. The van der Waals surface area contributed by atoms with E-state index in [1.54, 1.807) is 28.8 Å². The summed E-state index contributed by atoms with van der Waals surface area (Å²) in [4.78, 5) is 26.3. The maximum Gasteiger partial charge on any atom is 0.256 e. The number of aromatic nitrogens is 4. The highest BCUT2D eigenvalue weighted by molar-refractivity contribution is 6.06. The van der Waals surface area contributed by atoms with Crippen molar-refractivity contribution in [1.29, 1.82) is 0 Å². The first-order chi connectivity index (χ1) is 23.1. The van der Waals surface area contributed by atoms with Crippen molar-refractivity contribution in [3.63, 3.8) is 0 Å². The summed E-state index contributed by atoms with van der Waals surface area (Å²) in [7, 11) is 0. The van der Waals surface area contributed by atoms with Gasteiger partial charge < -0.3 is 29.7 Å². The van der Waals surface area contributed by atoms with Crippen molar-refractivity contribution < 1.29 is 29.2 Å². The minimum Gasteiger partial charge on any atom is -0.457 e. The van der Waals surface area contributed by atoms with E-state index in [9.17, 15) is 15.0 Å². The Kier molecular flexibility index (Phi) is 7.23. The summed E-state index contributed by atoms with van der Waals surface area (Å²) in [5.41, 5.74) is 2.17. The molecule has 4 heterocycles. The van der Waals surface area contributed by atoms with Gasteiger partial charge in [-0.3, -0.25) is 9.36 Å². The third kappa shape index (κ3) is 4.75. The SMILES string of the molecule is O=C(Nc1ncnc2c1ncn2[C@@H]1O[C@H](CO)[C@@H](O)[C@H]1OC1(c2ccccc2)c2ccccc2Oc2ccccc21)c1ccccc1. The summed E-state index contributed by atoms with van der Waals surface area (Å²) in [5.74, 6) is 1.08. The topological polar surface area (TPSA) is 141 Å². The van der Waals surface area contributed by atoms with E-state index in [0.29, 0.717) is 28.2 Å². The second-order valence-corrected chi connectivity index (χ2v) is 11.3. The first kappa shape index (κ1) is 29.0. The smallest absolute Gasteiger partial charge is 0.256 e. The molecule has 47 heavy (non-hydrogen) atoms. The lowest BCUT2D eigenvalue weighted by Gasteiger charge is -2.43. The van der Waals surface area contributed by atoms with Gasteiger partial charge in [0.1, 0.15) is 36.1 Å². The van der Waals surface area contributed by atoms with Crippen LogP contribution in [0.5, 0.6) is 11.5 Å². The van der Waals surface area contributed by atoms with Crippen LogP contribution in [0.25, 0.3) is 11.2 Å². The molecule has 1 saturated heterocycles. The van der Waals surface area contributed by atoms with Crippen LogP contribution in [0.2, 0.25) is 0 Å². The maximum absolute atomic E-state index is 13.0. The molecular weight excluding hydrogens is 598 g/mol. The number of benzene rings is 4. The molecule has 0 radical (unpaired) electrons. The Bertz CT molecular complexity index is 2030. The molecule has 0 unspecified atom stereocenters. The van der Waals surface area contributed by atoms with Crippen LogP contribution < -0.4 is 10.1 Å². The molecule has 2 aliphatic heterocycles. The fourth-order valence-electron chi connectivity index (χ4n) is 6.46. The molecule has 8 rings (SSSR count). The molecule has 0 aliphatic carbocycles. The van der Waals surface area contributed by atoms with Gasteiger partial charge in [0.05, 0.1) is 12.9 Å². The van der Waals surface area contributed by atoms with Crippen LogP contribution in [0.15, 0.2) is 122 Å². The van der Waals surface area contributed by atoms with Crippen LogP contribution in [0, 0.1) is 0 Å². The summed E-state index contributed by atoms with van der Waals surface area (Å²) < 4.78 is 21.5. The number of hydrogen-bond donors (Lipinski definition) is 3. The van der Waals surface area contributed by atoms with Crippen LogP contribution in [0.1, 0.15) is 33.3 Å². The quantitative estimate of drug-likeness (QED) is 0.227. The van der Waals surface area contributed by atoms with Gasteiger partial charge in [-0.1, -0.05) is 84.9 Å². The Morgan fingerprint density at radius 1 is 0.851 bits per heavy atom. The van der Waals surface area contributed by atoms with Crippen molar-refractivity contribution in [2.45, 2.75) is 30.1 Å². The van der Waals surface area contributed by atoms with Crippen LogP contribution in [0.3, 0.4) is 0 Å². The Morgan fingerprint density at radius 3 is 2.17 bits per heavy atom. The lowest BCUT2D eigenvalue weighted by atomic mass is 9.77. The molecule has 2 aromatic heterocycles. The number of aliphatic hydroxyl groups excluding tert-OH is 2. The third-order valence-corrected chi connectivity index (χ3v) is 8.64. The van der Waals surface area contributed by atoms with Crippen LogP contribution in [-0.2, 0) is 15.1 Å². The molecular formula is C36H29N5O6. The molecule has 1 fully saturated rings. The first-order valence-electron chi connectivity index (χ1n) is 15.2. The predicted octanol–water partition coefficient (Wildman–Crippen LogP) is 4.81. The van der Waals surface area contributed by atoms with Gasteiger partial charge in [-0.15, -0.1) is 0 Å². The highest BCUT2D eigenvalue weighted by Gasteiger charge is 2.53. The van der Waals surface area contributed by atoms with E-state index in [4.69, 9.17) is 14.2 Å². The van der Waals surface area contributed by atoms with Crippen molar-refractivity contribution in [3.8, 4) is 11.5 Å². The molecule has 4 aromatic carbocycles. The normalized spacial score (nSPS) is 21.1. The largest absolute Gasteiger partial charge is 0.457 e. The predicted molar refractivity (Wildman–Crippen MR) is 171 cm³/mol. The summed E-state index contributed by atoms with van der Waals surface area (Å²) in [6.45, 7) is -0.452. The molecule has 3 N–H and O–H groups in total. The van der Waals surface area contributed by atoms with E-state index in [1.807, 2.05) is 84.9 Å². The Morgan fingerprint density at radius 2 is 1.49 bits per heavy atom. The molecule has 6 aromatic rings. The number of nitrogens with one attached hydrogen (secondary N) is 1. The zero-order valence-corrected chi connectivity index (χ0v) is 24.9. The Balaban J connectivity index is 1.25. The molecule has 2 aliphatic rings. The van der Waals surface area contributed by atoms with E-state index in [0.717, 1.165) is 16.7 Å². The summed E-state index contributed by atoms with van der Waals surface area (Å²) in [6, 6.07) is 33.8. The summed E-state index contributed by atoms with van der Waals surface area (Å²) in [5, 5.41) is 24.8. The maximum atomic E-state index is 13.0. The van der Waals surface area contributed by atoms with E-state index in [2.05, 4.69) is 20.3 Å². The second-order valence-electron chi connectivity index (χ2n) is 11.3. The number of aliphatic hydroxyl groups is 2. The fraction of sp³-hybridized carbons (Fsp3) is 0.167. The number of imidazole rings is 1. The zero-order chi connectivity index (χ0) is 32.0. The molecule has 11 nitrogen and oxygen atoms in total. The van der Waals surface area contributed by atoms with Crippen molar-refractivity contribution in [3.05, 3.63) is 144 Å². The number of ether oxygens (including phenoxy) is 3. The van der Waals surface area contributed by atoms with E-state index in [-0.39, 0.29) is 11.7 Å². The van der Waals surface area contributed by atoms with Gasteiger partial charge in [-0.05, 0) is 29.8 Å². The molecule has 234 valence electrons. The minimum atomic E-state index is -1.25. The number of carbonyl (C=O) groups excluding carboxylic acids is 1. The number of rotatable bonds is 7. The number of fused-ring (bicyclic) bond motifs is 3. The third-order valence-electron chi connectivity index (χ3n) is 8.64. The summed E-state index contributed by atoms with van der Waals surface area (Å²) in [6.07, 6.45) is -1.42. The average Bonchev–Trinajstić information content (AvgIpc) is 3.69. The number of anilines is 1. The molecule has 0 bridgehead atoms. The van der Waals surface area contributed by atoms with Crippen LogP contribution >= 0.6 is 0 Å². The highest BCUT2D eigenvalue weighted by Crippen LogP contribution is 2.54. The number of hydrogen-bond acceptors (Lipinski definition) is 9. The Labute approximate surface area is 269 Å². The molecule has 0 spiro atoms. The number of nitrogens with zero attached hydrogens (tertiary/aromatic N) is 4. The van der Waals surface area contributed by atoms with Crippen molar-refractivity contribution in [2.24, 2.45) is 0 Å². The molecule has 0 saturated carbocycles. The second kappa shape index (κ2) is 11.7. The van der Waals surface area contributed by atoms with Crippen LogP contribution in [-0.4, -0.2) is 60.6 Å². The first-order valence-corrected chi connectivity index (χ1v) is 15.2. The van der Waals surface area contributed by atoms with E-state index in [1.165, 1.54) is 12.7 Å². The van der Waals surface area contributed by atoms with Gasteiger partial charge >= 0.3 is 0 Å². The molecule has 4 atom stereocenters. The van der Waals surface area contributed by atoms with Crippen molar-refractivity contribution in [1.82, 2.24) is 19.5 Å². The summed E-state index contributed by atoms with van der Waals surface area (Å²) >= 11 is 0. The van der Waals surface area contributed by atoms with Gasteiger partial charge in [0.25, 0.3) is 5.91 Å². The van der Waals surface area contributed by atoms with Gasteiger partial charge in [0.2, 0.25) is 0 Å². The average molecular weight is 628 g/mol. The lowest BCUT2D eigenvalue weighted by Crippen LogP contribution is -2.45. The van der Waals surface area contributed by atoms with Crippen molar-refractivity contribution >= 4 is 22.9 Å². The number of amides is 1. The van der Waals surface area contributed by atoms with E-state index >= 15 is 0 Å². The fourth-order valence-corrected chi connectivity index (χ4v) is 6.46.